The fraction of sp³-hybridized carbons (Fsp3) is 0.545. The first-order valence-corrected chi connectivity index (χ1v) is 10.6. The number of rotatable bonds is 7. The van der Waals surface area contributed by atoms with Gasteiger partial charge in [0.25, 0.3) is 0 Å². The van der Waals surface area contributed by atoms with E-state index in [1.807, 2.05) is 19.1 Å². The highest BCUT2D eigenvalue weighted by Gasteiger charge is 2.27. The number of aryl methyl sites for hydroxylation is 2. The van der Waals surface area contributed by atoms with Crippen LogP contribution in [0.2, 0.25) is 0 Å². The van der Waals surface area contributed by atoms with Crippen LogP contribution in [0.3, 0.4) is 0 Å². The Labute approximate surface area is 167 Å². The molecule has 0 amide bonds. The van der Waals surface area contributed by atoms with Gasteiger partial charge in [-0.3, -0.25) is 0 Å². The maximum atomic E-state index is 6.36. The van der Waals surface area contributed by atoms with Crippen LogP contribution in [0.1, 0.15) is 43.9 Å². The van der Waals surface area contributed by atoms with Gasteiger partial charge in [-0.2, -0.15) is 0 Å². The van der Waals surface area contributed by atoms with E-state index in [2.05, 4.69) is 23.2 Å². The van der Waals surface area contributed by atoms with Gasteiger partial charge in [-0.15, -0.1) is 0 Å². The van der Waals surface area contributed by atoms with Gasteiger partial charge in [-0.25, -0.2) is 9.97 Å². The van der Waals surface area contributed by atoms with E-state index >= 15 is 0 Å². The molecule has 2 fully saturated rings. The second-order valence-corrected chi connectivity index (χ2v) is 8.33. The molecule has 150 valence electrons. The summed E-state index contributed by atoms with van der Waals surface area (Å²) in [6.45, 7) is 7.33. The van der Waals surface area contributed by atoms with E-state index in [0.29, 0.717) is 23.2 Å². The van der Waals surface area contributed by atoms with Crippen LogP contribution in [0.25, 0.3) is 11.4 Å². The number of anilines is 3. The molecule has 1 saturated carbocycles. The van der Waals surface area contributed by atoms with Crippen LogP contribution in [0.15, 0.2) is 18.2 Å². The fourth-order valence-corrected chi connectivity index (χ4v) is 3.92. The van der Waals surface area contributed by atoms with E-state index in [4.69, 9.17) is 21.4 Å². The van der Waals surface area contributed by atoms with E-state index in [0.717, 1.165) is 67.5 Å². The molecule has 6 nitrogen and oxygen atoms in total. The van der Waals surface area contributed by atoms with Gasteiger partial charge >= 0.3 is 0 Å². The number of hydrogen-bond acceptors (Lipinski definition) is 6. The van der Waals surface area contributed by atoms with Gasteiger partial charge in [0.2, 0.25) is 0 Å². The smallest absolute Gasteiger partial charge is 0.165 e. The summed E-state index contributed by atoms with van der Waals surface area (Å²) in [5.74, 6) is 2.54. The Morgan fingerprint density at radius 1 is 1.18 bits per heavy atom. The molecular formula is C22H32N6. The molecule has 6 heteroatoms. The summed E-state index contributed by atoms with van der Waals surface area (Å²) in [4.78, 5) is 12.1. The minimum atomic E-state index is 0.544. The zero-order valence-electron chi connectivity index (χ0n) is 17.0. The average molecular weight is 381 g/mol. The van der Waals surface area contributed by atoms with Gasteiger partial charge in [0.05, 0.1) is 5.56 Å². The van der Waals surface area contributed by atoms with Gasteiger partial charge < -0.3 is 21.7 Å². The molecule has 1 aromatic heterocycles. The number of nitrogens with one attached hydrogen (secondary N) is 1. The Balaban J connectivity index is 1.62. The van der Waals surface area contributed by atoms with Gasteiger partial charge in [0.1, 0.15) is 5.82 Å². The molecule has 1 aliphatic carbocycles. The van der Waals surface area contributed by atoms with Crippen molar-refractivity contribution in [1.29, 1.82) is 0 Å². The minimum absolute atomic E-state index is 0.544. The molecule has 2 aliphatic rings. The van der Waals surface area contributed by atoms with Gasteiger partial charge in [0, 0.05) is 42.3 Å². The Kier molecular flexibility index (Phi) is 5.40. The van der Waals surface area contributed by atoms with E-state index < -0.39 is 0 Å². The van der Waals surface area contributed by atoms with Crippen molar-refractivity contribution in [2.45, 2.75) is 52.0 Å². The molecule has 4 rings (SSSR count). The second kappa shape index (κ2) is 7.95. The third kappa shape index (κ3) is 4.07. The molecule has 5 N–H and O–H groups in total. The summed E-state index contributed by atoms with van der Waals surface area (Å²) in [6, 6.07) is 6.52. The Morgan fingerprint density at radius 3 is 2.75 bits per heavy atom. The Bertz CT molecular complexity index is 845. The number of aromatic nitrogens is 2. The highest BCUT2D eigenvalue weighted by molar-refractivity contribution is 5.85. The van der Waals surface area contributed by atoms with Crippen LogP contribution >= 0.6 is 0 Å². The first-order valence-electron chi connectivity index (χ1n) is 10.6. The molecule has 1 atom stereocenters. The molecule has 0 spiro atoms. The normalized spacial score (nSPS) is 19.4. The van der Waals surface area contributed by atoms with E-state index in [1.165, 1.54) is 12.8 Å². The molecule has 2 heterocycles. The molecule has 1 saturated heterocycles. The first kappa shape index (κ1) is 19.0. The van der Waals surface area contributed by atoms with Crippen molar-refractivity contribution in [1.82, 2.24) is 15.3 Å². The van der Waals surface area contributed by atoms with Crippen molar-refractivity contribution >= 4 is 17.2 Å². The molecule has 1 aliphatic heterocycles. The number of benzene rings is 1. The molecular weight excluding hydrogens is 348 g/mol. The lowest BCUT2D eigenvalue weighted by Crippen LogP contribution is -2.34. The number of nitrogens with zero attached hydrogens (tertiary/aromatic N) is 3. The van der Waals surface area contributed by atoms with Crippen LogP contribution in [-0.2, 0) is 6.42 Å². The van der Waals surface area contributed by atoms with Crippen molar-refractivity contribution in [2.75, 3.05) is 36.0 Å². The lowest BCUT2D eigenvalue weighted by Gasteiger charge is -2.20. The predicted octanol–water partition coefficient (Wildman–Crippen LogP) is 3.15. The van der Waals surface area contributed by atoms with Crippen LogP contribution in [0.5, 0.6) is 0 Å². The third-order valence-electron chi connectivity index (χ3n) is 5.90. The summed E-state index contributed by atoms with van der Waals surface area (Å²) >= 11 is 0. The number of hydrogen-bond donors (Lipinski definition) is 3. The van der Waals surface area contributed by atoms with Crippen LogP contribution in [0, 0.1) is 12.8 Å². The second-order valence-electron chi connectivity index (χ2n) is 8.33. The zero-order valence-corrected chi connectivity index (χ0v) is 17.0. The molecule has 0 bridgehead atoms. The van der Waals surface area contributed by atoms with Crippen LogP contribution < -0.4 is 21.7 Å². The lowest BCUT2D eigenvalue weighted by atomic mass is 10.1. The highest BCUT2D eigenvalue weighted by atomic mass is 15.2. The van der Waals surface area contributed by atoms with E-state index in [9.17, 15) is 0 Å². The summed E-state index contributed by atoms with van der Waals surface area (Å²) < 4.78 is 0. The van der Waals surface area contributed by atoms with Crippen LogP contribution in [0.4, 0.5) is 17.2 Å². The van der Waals surface area contributed by atoms with Crippen molar-refractivity contribution < 1.29 is 0 Å². The van der Waals surface area contributed by atoms with Crippen LogP contribution in [-0.4, -0.2) is 35.6 Å². The quantitative estimate of drug-likeness (QED) is 0.639. The summed E-state index contributed by atoms with van der Waals surface area (Å²) in [7, 11) is 0. The monoisotopic (exact) mass is 380 g/mol. The number of nitrogens with two attached hydrogens (primary N) is 2. The van der Waals surface area contributed by atoms with Crippen molar-refractivity contribution in [3.63, 3.8) is 0 Å². The Morgan fingerprint density at radius 2 is 2.00 bits per heavy atom. The van der Waals surface area contributed by atoms with E-state index in [-0.39, 0.29) is 0 Å². The third-order valence-corrected chi connectivity index (χ3v) is 5.90. The maximum absolute atomic E-state index is 6.36. The van der Waals surface area contributed by atoms with Gasteiger partial charge in [-0.05, 0) is 56.7 Å². The molecule has 2 aromatic rings. The lowest BCUT2D eigenvalue weighted by molar-refractivity contribution is 0.530. The van der Waals surface area contributed by atoms with Crippen molar-refractivity contribution in [3.05, 3.63) is 29.5 Å². The predicted molar refractivity (Wildman–Crippen MR) is 116 cm³/mol. The summed E-state index contributed by atoms with van der Waals surface area (Å²) in [5.41, 5.74) is 16.7. The molecule has 1 aromatic carbocycles. The summed E-state index contributed by atoms with van der Waals surface area (Å²) in [6.07, 6.45) is 5.90. The Hall–Kier alpha value is -2.34. The topological polar surface area (TPSA) is 93.1 Å². The maximum Gasteiger partial charge on any atom is 0.165 e. The van der Waals surface area contributed by atoms with Crippen molar-refractivity contribution in [2.24, 2.45) is 5.92 Å². The standard InChI is InChI=1S/C22H32N6/c1-3-4-16-11-19(28-10-9-17(13-28)25-12-15-6-7-15)27-22(26-16)20-18(23)8-5-14(2)21(20)24/h5,8,11,15,17,25H,3-4,6-7,9-10,12-13,23-24H2,1-2H3. The molecule has 1 unspecified atom stereocenters. The fourth-order valence-electron chi connectivity index (χ4n) is 3.92. The van der Waals surface area contributed by atoms with Gasteiger partial charge in [-0.1, -0.05) is 19.4 Å². The zero-order chi connectivity index (χ0) is 19.7. The van der Waals surface area contributed by atoms with Crippen molar-refractivity contribution in [3.8, 4) is 11.4 Å². The SMILES string of the molecule is CCCc1cc(N2CCC(NCC3CC3)C2)nc(-c2c(N)ccc(C)c2N)n1. The highest BCUT2D eigenvalue weighted by Crippen LogP contribution is 2.34. The van der Waals surface area contributed by atoms with Gasteiger partial charge in [0.15, 0.2) is 5.82 Å². The largest absolute Gasteiger partial charge is 0.398 e. The average Bonchev–Trinajstić information content (AvgIpc) is 3.39. The molecule has 28 heavy (non-hydrogen) atoms. The molecule has 0 radical (unpaired) electrons. The van der Waals surface area contributed by atoms with E-state index in [1.54, 1.807) is 0 Å². The minimum Gasteiger partial charge on any atom is -0.398 e. The summed E-state index contributed by atoms with van der Waals surface area (Å²) in [5, 5.41) is 3.73. The number of nitrogen functional groups attached to an aromatic ring is 2. The first-order chi connectivity index (χ1) is 13.5.